The van der Waals surface area contributed by atoms with Gasteiger partial charge in [0, 0.05) is 31.8 Å². The minimum absolute atomic E-state index is 0. The lowest BCUT2D eigenvalue weighted by molar-refractivity contribution is -0.140. The van der Waals surface area contributed by atoms with Gasteiger partial charge in [0.1, 0.15) is 17.6 Å². The minimum atomic E-state index is -0.597. The van der Waals surface area contributed by atoms with Crippen molar-refractivity contribution >= 4 is 35.5 Å². The Labute approximate surface area is 230 Å². The number of aromatic nitrogens is 2. The van der Waals surface area contributed by atoms with Gasteiger partial charge < -0.3 is 24.5 Å². The average molecular weight is 555 g/mol. The fourth-order valence-corrected chi connectivity index (χ4v) is 4.35. The van der Waals surface area contributed by atoms with Crippen molar-refractivity contribution in [1.29, 1.82) is 0 Å². The molecule has 3 aromatic rings. The van der Waals surface area contributed by atoms with Gasteiger partial charge in [-0.15, -0.1) is 0 Å². The summed E-state index contributed by atoms with van der Waals surface area (Å²) >= 11 is 0. The molecule has 2 aromatic heterocycles. The molecular formula is C27H31FN6O6. The zero-order chi connectivity index (χ0) is 27.4. The van der Waals surface area contributed by atoms with Crippen molar-refractivity contribution < 1.29 is 33.1 Å². The SMILES string of the molecule is C.CC(=O)NC[C@H]1CN(c2ccc(-c3ccn4c(/C=N/OCC(=O)N5CCOCC5)cnc4c3)c(F)c2)C(=O)O1. The summed E-state index contributed by atoms with van der Waals surface area (Å²) in [5.74, 6) is -0.891. The Kier molecular flexibility index (Phi) is 8.94. The fourth-order valence-electron chi connectivity index (χ4n) is 4.35. The third-order valence-corrected chi connectivity index (χ3v) is 6.38. The van der Waals surface area contributed by atoms with E-state index in [0.717, 1.165) is 0 Å². The number of benzene rings is 1. The number of morpholine rings is 1. The first-order valence-electron chi connectivity index (χ1n) is 12.4. The second-order valence-electron chi connectivity index (χ2n) is 9.05. The van der Waals surface area contributed by atoms with Gasteiger partial charge in [0.2, 0.25) is 5.91 Å². The first kappa shape index (κ1) is 28.5. The highest BCUT2D eigenvalue weighted by Crippen LogP contribution is 2.29. The van der Waals surface area contributed by atoms with Crippen molar-refractivity contribution in [1.82, 2.24) is 19.6 Å². The number of carbonyl (C=O) groups excluding carboxylic acids is 3. The van der Waals surface area contributed by atoms with E-state index in [1.54, 1.807) is 46.0 Å². The van der Waals surface area contributed by atoms with E-state index in [9.17, 15) is 14.4 Å². The zero-order valence-corrected chi connectivity index (χ0v) is 21.2. The van der Waals surface area contributed by atoms with Gasteiger partial charge in [-0.1, -0.05) is 12.6 Å². The van der Waals surface area contributed by atoms with Crippen LogP contribution in [0.4, 0.5) is 14.9 Å². The molecule has 5 rings (SSSR count). The summed E-state index contributed by atoms with van der Waals surface area (Å²) in [7, 11) is 0. The molecule has 2 aliphatic heterocycles. The van der Waals surface area contributed by atoms with Gasteiger partial charge in [-0.25, -0.2) is 14.2 Å². The highest BCUT2D eigenvalue weighted by Gasteiger charge is 2.32. The number of halogens is 1. The lowest BCUT2D eigenvalue weighted by Gasteiger charge is -2.26. The molecule has 0 saturated carbocycles. The van der Waals surface area contributed by atoms with E-state index in [4.69, 9.17) is 14.3 Å². The van der Waals surface area contributed by atoms with Gasteiger partial charge in [0.25, 0.3) is 5.91 Å². The van der Waals surface area contributed by atoms with Crippen LogP contribution >= 0.6 is 0 Å². The summed E-state index contributed by atoms with van der Waals surface area (Å²) in [5.41, 5.74) is 2.48. The van der Waals surface area contributed by atoms with Crippen molar-refractivity contribution in [3.63, 3.8) is 0 Å². The first-order chi connectivity index (χ1) is 18.9. The summed E-state index contributed by atoms with van der Waals surface area (Å²) in [6.45, 7) is 3.71. The van der Waals surface area contributed by atoms with Crippen molar-refractivity contribution in [2.75, 3.05) is 50.9 Å². The summed E-state index contributed by atoms with van der Waals surface area (Å²) < 4.78 is 27.4. The number of oxime groups is 1. The molecule has 212 valence electrons. The van der Waals surface area contributed by atoms with Crippen LogP contribution in [0.25, 0.3) is 16.8 Å². The topological polar surface area (TPSA) is 127 Å². The van der Waals surface area contributed by atoms with Crippen LogP contribution in [0.5, 0.6) is 0 Å². The molecular weight excluding hydrogens is 523 g/mol. The van der Waals surface area contributed by atoms with Gasteiger partial charge in [0.05, 0.1) is 50.1 Å². The van der Waals surface area contributed by atoms with Crippen LogP contribution in [0, 0.1) is 5.82 Å². The van der Waals surface area contributed by atoms with Crippen LogP contribution in [0.2, 0.25) is 0 Å². The summed E-state index contributed by atoms with van der Waals surface area (Å²) in [6, 6.07) is 7.98. The number of hydrogen-bond acceptors (Lipinski definition) is 8. The largest absolute Gasteiger partial charge is 0.442 e. The highest BCUT2D eigenvalue weighted by molar-refractivity contribution is 5.90. The molecule has 0 unspecified atom stereocenters. The van der Waals surface area contributed by atoms with Crippen LogP contribution < -0.4 is 10.2 Å². The van der Waals surface area contributed by atoms with Gasteiger partial charge in [-0.2, -0.15) is 0 Å². The number of amides is 3. The molecule has 40 heavy (non-hydrogen) atoms. The van der Waals surface area contributed by atoms with E-state index in [2.05, 4.69) is 15.5 Å². The number of nitrogens with one attached hydrogen (secondary N) is 1. The number of cyclic esters (lactones) is 1. The molecule has 0 spiro atoms. The standard InChI is InChI=1S/C26H27FN6O6.CH4/c1-17(34)28-14-21-15-33(26(36)39-21)19-2-3-22(23(27)11-19)18-4-5-32-20(12-29-24(32)10-18)13-30-38-16-25(35)31-6-8-37-9-7-31;/h2-5,10-13,21H,6-9,14-16H2,1H3,(H,28,34);1H4/b30-13+;/t21-;/m0./s1. The number of imidazole rings is 1. The summed E-state index contributed by atoms with van der Waals surface area (Å²) in [5, 5.41) is 6.50. The molecule has 0 radical (unpaired) electrons. The number of rotatable bonds is 8. The first-order valence-corrected chi connectivity index (χ1v) is 12.4. The smallest absolute Gasteiger partial charge is 0.414 e. The Bertz CT molecular complexity index is 1420. The Balaban J connectivity index is 0.00000370. The van der Waals surface area contributed by atoms with E-state index in [1.165, 1.54) is 24.1 Å². The second kappa shape index (κ2) is 12.6. The number of carbonyl (C=O) groups is 3. The zero-order valence-electron chi connectivity index (χ0n) is 21.2. The van der Waals surface area contributed by atoms with E-state index >= 15 is 4.39 Å². The fraction of sp³-hybridized carbons (Fsp3) is 0.370. The van der Waals surface area contributed by atoms with Crippen molar-refractivity contribution in [2.45, 2.75) is 20.5 Å². The lowest BCUT2D eigenvalue weighted by atomic mass is 10.1. The molecule has 2 fully saturated rings. The molecule has 1 N–H and O–H groups in total. The number of pyridine rings is 1. The average Bonchev–Trinajstić information content (AvgIpc) is 3.52. The molecule has 13 heteroatoms. The molecule has 0 bridgehead atoms. The van der Waals surface area contributed by atoms with E-state index < -0.39 is 18.0 Å². The minimum Gasteiger partial charge on any atom is -0.442 e. The molecule has 12 nitrogen and oxygen atoms in total. The Morgan fingerprint density at radius 1 is 1.25 bits per heavy atom. The number of ether oxygens (including phenoxy) is 2. The predicted octanol–water partition coefficient (Wildman–Crippen LogP) is 2.45. The molecule has 2 aliphatic rings. The van der Waals surface area contributed by atoms with Crippen molar-refractivity contribution in [3.8, 4) is 11.1 Å². The number of anilines is 1. The van der Waals surface area contributed by atoms with Gasteiger partial charge in [-0.05, 0) is 35.9 Å². The molecule has 1 atom stereocenters. The molecule has 2 saturated heterocycles. The molecule has 3 amide bonds. The molecule has 4 heterocycles. The number of hydrogen-bond donors (Lipinski definition) is 1. The van der Waals surface area contributed by atoms with Gasteiger partial charge in [-0.3, -0.25) is 18.9 Å². The maximum absolute atomic E-state index is 15.1. The monoisotopic (exact) mass is 554 g/mol. The Morgan fingerprint density at radius 3 is 2.80 bits per heavy atom. The Morgan fingerprint density at radius 2 is 2.05 bits per heavy atom. The second-order valence-corrected chi connectivity index (χ2v) is 9.05. The summed E-state index contributed by atoms with van der Waals surface area (Å²) in [6.07, 6.45) is 3.66. The maximum atomic E-state index is 15.1. The normalized spacial score (nSPS) is 17.1. The van der Waals surface area contributed by atoms with Crippen molar-refractivity contribution in [3.05, 3.63) is 54.2 Å². The van der Waals surface area contributed by atoms with Crippen LogP contribution in [0.15, 0.2) is 47.9 Å². The number of nitrogens with zero attached hydrogens (tertiary/aromatic N) is 5. The third kappa shape index (κ3) is 6.37. The predicted molar refractivity (Wildman–Crippen MR) is 145 cm³/mol. The lowest BCUT2D eigenvalue weighted by Crippen LogP contribution is -2.42. The maximum Gasteiger partial charge on any atom is 0.414 e. The third-order valence-electron chi connectivity index (χ3n) is 6.38. The van der Waals surface area contributed by atoms with E-state index in [-0.39, 0.29) is 38.9 Å². The van der Waals surface area contributed by atoms with Crippen molar-refractivity contribution in [2.24, 2.45) is 5.16 Å². The van der Waals surface area contributed by atoms with Crippen LogP contribution in [0.1, 0.15) is 20.0 Å². The number of fused-ring (bicyclic) bond motifs is 1. The van der Waals surface area contributed by atoms with Gasteiger partial charge >= 0.3 is 6.09 Å². The molecule has 1 aromatic carbocycles. The van der Waals surface area contributed by atoms with E-state index in [1.807, 2.05) is 0 Å². The molecule has 0 aliphatic carbocycles. The highest BCUT2D eigenvalue weighted by atomic mass is 19.1. The van der Waals surface area contributed by atoms with Crippen LogP contribution in [-0.4, -0.2) is 90.5 Å². The Hall–Kier alpha value is -4.52. The van der Waals surface area contributed by atoms with Gasteiger partial charge in [0.15, 0.2) is 6.61 Å². The van der Waals surface area contributed by atoms with Crippen LogP contribution in [0.3, 0.4) is 0 Å². The van der Waals surface area contributed by atoms with E-state index in [0.29, 0.717) is 54.5 Å². The van der Waals surface area contributed by atoms with Crippen LogP contribution in [-0.2, 0) is 23.9 Å². The quantitative estimate of drug-likeness (QED) is 0.335. The summed E-state index contributed by atoms with van der Waals surface area (Å²) in [4.78, 5) is 48.0.